The Labute approximate surface area is 147 Å². The second-order valence-electron chi connectivity index (χ2n) is 5.33. The molecule has 0 spiro atoms. The minimum absolute atomic E-state index is 0.222. The van der Waals surface area contributed by atoms with Crippen molar-refractivity contribution in [2.45, 2.75) is 19.1 Å². The molecule has 1 amide bonds. The van der Waals surface area contributed by atoms with E-state index in [1.54, 1.807) is 18.2 Å². The van der Waals surface area contributed by atoms with Gasteiger partial charge in [0, 0.05) is 6.07 Å². The lowest BCUT2D eigenvalue weighted by Gasteiger charge is -2.17. The number of methoxy groups -OCH3 is 1. The van der Waals surface area contributed by atoms with Crippen LogP contribution in [-0.4, -0.2) is 56.2 Å². The third kappa shape index (κ3) is 3.81. The molecule has 1 aromatic carbocycles. The van der Waals surface area contributed by atoms with Crippen LogP contribution in [-0.2, 0) is 4.79 Å². The molecular weight excluding hydrogens is 346 g/mol. The number of carboxylic acids is 1. The smallest absolute Gasteiger partial charge is 0.328 e. The van der Waals surface area contributed by atoms with Crippen LogP contribution in [0.1, 0.15) is 17.4 Å². The van der Waals surface area contributed by atoms with Crippen molar-refractivity contribution in [2.75, 3.05) is 7.11 Å². The van der Waals surface area contributed by atoms with Gasteiger partial charge in [0.1, 0.15) is 11.4 Å². The van der Waals surface area contributed by atoms with Gasteiger partial charge >= 0.3 is 5.97 Å². The number of carbonyl (C=O) groups is 2. The summed E-state index contributed by atoms with van der Waals surface area (Å²) in [6, 6.07) is 5.53. The number of hydrogen-bond donors (Lipinski definition) is 4. The molecule has 1 aromatic heterocycles. The van der Waals surface area contributed by atoms with E-state index >= 15 is 0 Å². The summed E-state index contributed by atoms with van der Waals surface area (Å²) in [5.41, 5.74) is -1.09. The zero-order valence-electron chi connectivity index (χ0n) is 13.9. The van der Waals surface area contributed by atoms with Crippen molar-refractivity contribution >= 4 is 11.9 Å². The number of benzene rings is 1. The lowest BCUT2D eigenvalue weighted by molar-refractivity contribution is -0.141. The Morgan fingerprint density at radius 1 is 1.31 bits per heavy atom. The largest absolute Gasteiger partial charge is 0.505 e. The molecule has 0 saturated heterocycles. The zero-order chi connectivity index (χ0) is 19.4. The van der Waals surface area contributed by atoms with E-state index in [0.29, 0.717) is 5.75 Å². The number of amides is 1. The van der Waals surface area contributed by atoms with E-state index in [9.17, 15) is 24.6 Å². The van der Waals surface area contributed by atoms with Crippen LogP contribution in [0.2, 0.25) is 0 Å². The summed E-state index contributed by atoms with van der Waals surface area (Å²) in [6.07, 6.45) is -1.39. The molecule has 138 valence electrons. The van der Waals surface area contributed by atoms with E-state index in [-0.39, 0.29) is 5.69 Å². The molecule has 2 unspecified atom stereocenters. The molecule has 26 heavy (non-hydrogen) atoms. The first-order valence-electron chi connectivity index (χ1n) is 7.44. The standard InChI is InChI=1S/C16H17N3O7/c1-8(20)13(16(24)25)17-15(23)14-10(21)7-12(22)19(18-14)9-5-3-4-6-11(9)26-2/h3-8,13,20-21H,1-2H3,(H,17,23)(H,24,25). The third-order valence-corrected chi connectivity index (χ3v) is 3.48. The molecule has 0 fully saturated rings. The maximum absolute atomic E-state index is 12.3. The van der Waals surface area contributed by atoms with Crippen molar-refractivity contribution in [1.29, 1.82) is 0 Å². The first-order chi connectivity index (χ1) is 12.3. The predicted molar refractivity (Wildman–Crippen MR) is 88.6 cm³/mol. The number of aliphatic hydroxyl groups excluding tert-OH is 1. The van der Waals surface area contributed by atoms with Crippen LogP contribution in [0.15, 0.2) is 35.1 Å². The lowest BCUT2D eigenvalue weighted by atomic mass is 10.2. The van der Waals surface area contributed by atoms with Gasteiger partial charge in [-0.2, -0.15) is 9.78 Å². The fourth-order valence-corrected chi connectivity index (χ4v) is 2.18. The average Bonchev–Trinajstić information content (AvgIpc) is 2.59. The van der Waals surface area contributed by atoms with E-state index in [1.165, 1.54) is 20.1 Å². The van der Waals surface area contributed by atoms with Gasteiger partial charge in [0.2, 0.25) is 0 Å². The van der Waals surface area contributed by atoms with Crippen LogP contribution in [0.25, 0.3) is 5.69 Å². The molecular formula is C16H17N3O7. The monoisotopic (exact) mass is 363 g/mol. The Kier molecular flexibility index (Phi) is 5.58. The number of ether oxygens (including phenoxy) is 1. The second-order valence-corrected chi connectivity index (χ2v) is 5.33. The van der Waals surface area contributed by atoms with Gasteiger partial charge in [-0.05, 0) is 19.1 Å². The van der Waals surface area contributed by atoms with Gasteiger partial charge in [-0.3, -0.25) is 9.59 Å². The topological polar surface area (TPSA) is 151 Å². The molecule has 0 aliphatic rings. The van der Waals surface area contributed by atoms with Crippen molar-refractivity contribution in [3.63, 3.8) is 0 Å². The number of nitrogens with one attached hydrogen (secondary N) is 1. The highest BCUT2D eigenvalue weighted by Crippen LogP contribution is 2.21. The van der Waals surface area contributed by atoms with Crippen LogP contribution in [0, 0.1) is 0 Å². The number of aromatic hydroxyl groups is 1. The highest BCUT2D eigenvalue weighted by Gasteiger charge is 2.28. The molecule has 2 rings (SSSR count). The van der Waals surface area contributed by atoms with Gasteiger partial charge in [-0.1, -0.05) is 12.1 Å². The molecule has 0 bridgehead atoms. The fraction of sp³-hybridized carbons (Fsp3) is 0.250. The van der Waals surface area contributed by atoms with Crippen LogP contribution < -0.4 is 15.6 Å². The molecule has 1 heterocycles. The Bertz CT molecular complexity index is 892. The SMILES string of the molecule is COc1ccccc1-n1nc(C(=O)NC(C(=O)O)C(C)O)c(O)cc1=O. The Hall–Kier alpha value is -3.40. The molecule has 10 nitrogen and oxygen atoms in total. The molecule has 0 aliphatic heterocycles. The number of para-hydroxylation sites is 2. The maximum atomic E-state index is 12.3. The van der Waals surface area contributed by atoms with Gasteiger partial charge in [0.25, 0.3) is 11.5 Å². The highest BCUT2D eigenvalue weighted by atomic mass is 16.5. The van der Waals surface area contributed by atoms with Gasteiger partial charge in [-0.15, -0.1) is 0 Å². The van der Waals surface area contributed by atoms with Crippen molar-refractivity contribution in [1.82, 2.24) is 15.1 Å². The third-order valence-electron chi connectivity index (χ3n) is 3.48. The number of aromatic nitrogens is 2. The molecule has 2 atom stereocenters. The number of nitrogens with zero attached hydrogens (tertiary/aromatic N) is 2. The predicted octanol–water partition coefficient (Wildman–Crippen LogP) is -0.490. The van der Waals surface area contributed by atoms with Crippen LogP contribution in [0.4, 0.5) is 0 Å². The lowest BCUT2D eigenvalue weighted by Crippen LogP contribution is -2.48. The van der Waals surface area contributed by atoms with Crippen LogP contribution in [0.3, 0.4) is 0 Å². The van der Waals surface area contributed by atoms with Gasteiger partial charge in [-0.25, -0.2) is 4.79 Å². The number of rotatable bonds is 6. The molecule has 10 heteroatoms. The van der Waals surface area contributed by atoms with Crippen molar-refractivity contribution < 1.29 is 29.6 Å². The van der Waals surface area contributed by atoms with E-state index in [4.69, 9.17) is 9.84 Å². The molecule has 0 aliphatic carbocycles. The summed E-state index contributed by atoms with van der Waals surface area (Å²) in [5, 5.41) is 34.2. The van der Waals surface area contributed by atoms with Crippen LogP contribution >= 0.6 is 0 Å². The van der Waals surface area contributed by atoms with Crippen molar-refractivity contribution in [3.05, 3.63) is 46.4 Å². The minimum Gasteiger partial charge on any atom is -0.505 e. The molecule has 0 radical (unpaired) electrons. The maximum Gasteiger partial charge on any atom is 0.328 e. The Balaban J connectivity index is 2.50. The summed E-state index contributed by atoms with van der Waals surface area (Å²) in [6.45, 7) is 1.18. The summed E-state index contributed by atoms with van der Waals surface area (Å²) in [5.74, 6) is -2.97. The first-order valence-corrected chi connectivity index (χ1v) is 7.44. The van der Waals surface area contributed by atoms with Crippen LogP contribution in [0.5, 0.6) is 11.5 Å². The molecule has 2 aromatic rings. The van der Waals surface area contributed by atoms with E-state index in [1.807, 2.05) is 5.32 Å². The Morgan fingerprint density at radius 2 is 1.96 bits per heavy atom. The fourth-order valence-electron chi connectivity index (χ4n) is 2.18. The van der Waals surface area contributed by atoms with Gasteiger partial charge < -0.3 is 25.4 Å². The number of hydrogen-bond acceptors (Lipinski definition) is 7. The Morgan fingerprint density at radius 3 is 2.54 bits per heavy atom. The number of carboxylic acid groups (broad SMARTS) is 1. The summed E-state index contributed by atoms with van der Waals surface area (Å²) >= 11 is 0. The summed E-state index contributed by atoms with van der Waals surface area (Å²) < 4.78 is 5.98. The quantitative estimate of drug-likeness (QED) is 0.537. The van der Waals surface area contributed by atoms with E-state index < -0.39 is 41.0 Å². The van der Waals surface area contributed by atoms with E-state index in [0.717, 1.165) is 10.7 Å². The van der Waals surface area contributed by atoms with E-state index in [2.05, 4.69) is 5.10 Å². The minimum atomic E-state index is -1.62. The normalized spacial score (nSPS) is 12.9. The zero-order valence-corrected chi connectivity index (χ0v) is 13.9. The molecule has 4 N–H and O–H groups in total. The second kappa shape index (κ2) is 7.66. The highest BCUT2D eigenvalue weighted by molar-refractivity contribution is 5.97. The first kappa shape index (κ1) is 18.9. The van der Waals surface area contributed by atoms with Gasteiger partial charge in [0.05, 0.1) is 13.2 Å². The summed E-state index contributed by atoms with van der Waals surface area (Å²) in [7, 11) is 1.39. The van der Waals surface area contributed by atoms with Gasteiger partial charge in [0.15, 0.2) is 17.5 Å². The van der Waals surface area contributed by atoms with Crippen molar-refractivity contribution in [3.8, 4) is 17.2 Å². The van der Waals surface area contributed by atoms with Crippen molar-refractivity contribution in [2.24, 2.45) is 0 Å². The summed E-state index contributed by atoms with van der Waals surface area (Å²) in [4.78, 5) is 35.5. The number of carbonyl (C=O) groups excluding carboxylic acids is 1. The average molecular weight is 363 g/mol. The number of aliphatic carboxylic acids is 1. The molecule has 0 saturated carbocycles. The number of aliphatic hydroxyl groups is 1.